The molecule has 3 N–H and O–H groups in total. The first-order valence-corrected chi connectivity index (χ1v) is 7.41. The molecule has 0 unspecified atom stereocenters. The van der Waals surface area contributed by atoms with E-state index < -0.39 is 0 Å². The molecular formula is C15H24N4O. The number of pyridine rings is 1. The van der Waals surface area contributed by atoms with Crippen LogP contribution in [-0.4, -0.2) is 41.5 Å². The molecule has 1 amide bonds. The SMILES string of the molecule is CCCN1CCC(NC(=O)c2ccc(CN)cn2)CC1. The summed E-state index contributed by atoms with van der Waals surface area (Å²) in [5, 5.41) is 3.08. The predicted octanol–water partition coefficient (Wildman–Crippen LogP) is 1.14. The van der Waals surface area contributed by atoms with Crippen molar-refractivity contribution >= 4 is 5.91 Å². The van der Waals surface area contributed by atoms with Crippen LogP contribution in [0.25, 0.3) is 0 Å². The summed E-state index contributed by atoms with van der Waals surface area (Å²) in [7, 11) is 0. The maximum Gasteiger partial charge on any atom is 0.270 e. The Hall–Kier alpha value is -1.46. The Morgan fingerprint density at radius 3 is 2.75 bits per heavy atom. The summed E-state index contributed by atoms with van der Waals surface area (Å²) in [5.74, 6) is -0.0810. The predicted molar refractivity (Wildman–Crippen MR) is 79.3 cm³/mol. The zero-order valence-electron chi connectivity index (χ0n) is 12.1. The van der Waals surface area contributed by atoms with Crippen molar-refractivity contribution in [3.63, 3.8) is 0 Å². The van der Waals surface area contributed by atoms with Gasteiger partial charge < -0.3 is 16.0 Å². The van der Waals surface area contributed by atoms with Crippen LogP contribution >= 0.6 is 0 Å². The van der Waals surface area contributed by atoms with Crippen LogP contribution in [0.3, 0.4) is 0 Å². The lowest BCUT2D eigenvalue weighted by Crippen LogP contribution is -2.44. The molecule has 2 heterocycles. The highest BCUT2D eigenvalue weighted by atomic mass is 16.1. The molecule has 0 bridgehead atoms. The Morgan fingerprint density at radius 2 is 2.20 bits per heavy atom. The molecule has 0 aromatic carbocycles. The molecule has 0 radical (unpaired) electrons. The third-order valence-electron chi connectivity index (χ3n) is 3.76. The fraction of sp³-hybridized carbons (Fsp3) is 0.600. The summed E-state index contributed by atoms with van der Waals surface area (Å²) < 4.78 is 0. The quantitative estimate of drug-likeness (QED) is 0.846. The van der Waals surface area contributed by atoms with E-state index >= 15 is 0 Å². The lowest BCUT2D eigenvalue weighted by molar-refractivity contribution is 0.0906. The van der Waals surface area contributed by atoms with Crippen LogP contribution in [0.15, 0.2) is 18.3 Å². The van der Waals surface area contributed by atoms with Crippen LogP contribution in [0.2, 0.25) is 0 Å². The van der Waals surface area contributed by atoms with E-state index in [0.29, 0.717) is 12.2 Å². The van der Waals surface area contributed by atoms with Gasteiger partial charge in [0.05, 0.1) is 0 Å². The van der Waals surface area contributed by atoms with Crippen molar-refractivity contribution in [2.75, 3.05) is 19.6 Å². The summed E-state index contributed by atoms with van der Waals surface area (Å²) in [6.07, 6.45) is 4.90. The van der Waals surface area contributed by atoms with Gasteiger partial charge in [-0.05, 0) is 37.4 Å². The van der Waals surface area contributed by atoms with E-state index in [-0.39, 0.29) is 11.9 Å². The Labute approximate surface area is 120 Å². The average Bonchev–Trinajstić information content (AvgIpc) is 2.49. The van der Waals surface area contributed by atoms with Crippen LogP contribution in [0.1, 0.15) is 42.2 Å². The van der Waals surface area contributed by atoms with Crippen LogP contribution < -0.4 is 11.1 Å². The molecule has 0 aliphatic carbocycles. The number of carbonyl (C=O) groups excluding carboxylic acids is 1. The maximum absolute atomic E-state index is 12.1. The number of carbonyl (C=O) groups is 1. The molecule has 1 fully saturated rings. The Balaban J connectivity index is 1.82. The van der Waals surface area contributed by atoms with Gasteiger partial charge in [-0.25, -0.2) is 0 Å². The van der Waals surface area contributed by atoms with E-state index in [1.165, 1.54) is 6.42 Å². The van der Waals surface area contributed by atoms with Crippen molar-refractivity contribution in [1.29, 1.82) is 0 Å². The van der Waals surface area contributed by atoms with Crippen LogP contribution in [0.4, 0.5) is 0 Å². The molecule has 1 aromatic heterocycles. The number of hydrogen-bond donors (Lipinski definition) is 2. The van der Waals surface area contributed by atoms with Crippen LogP contribution in [-0.2, 0) is 6.54 Å². The van der Waals surface area contributed by atoms with Gasteiger partial charge in [-0.3, -0.25) is 9.78 Å². The van der Waals surface area contributed by atoms with Crippen LogP contribution in [0.5, 0.6) is 0 Å². The smallest absolute Gasteiger partial charge is 0.270 e. The summed E-state index contributed by atoms with van der Waals surface area (Å²) in [6, 6.07) is 3.86. The van der Waals surface area contributed by atoms with Gasteiger partial charge in [0, 0.05) is 31.9 Å². The third-order valence-corrected chi connectivity index (χ3v) is 3.76. The van der Waals surface area contributed by atoms with E-state index in [4.69, 9.17) is 5.73 Å². The van der Waals surface area contributed by atoms with E-state index in [1.807, 2.05) is 6.07 Å². The fourth-order valence-corrected chi connectivity index (χ4v) is 2.56. The van der Waals surface area contributed by atoms with Gasteiger partial charge in [-0.15, -0.1) is 0 Å². The monoisotopic (exact) mass is 276 g/mol. The number of nitrogens with two attached hydrogens (primary N) is 1. The largest absolute Gasteiger partial charge is 0.348 e. The normalized spacial score (nSPS) is 17.1. The first-order chi connectivity index (χ1) is 9.72. The molecule has 2 rings (SSSR count). The number of nitrogens with zero attached hydrogens (tertiary/aromatic N) is 2. The number of nitrogens with one attached hydrogen (secondary N) is 1. The molecule has 0 atom stereocenters. The lowest BCUT2D eigenvalue weighted by atomic mass is 10.0. The third kappa shape index (κ3) is 4.02. The van der Waals surface area contributed by atoms with Crippen molar-refractivity contribution in [2.45, 2.75) is 38.8 Å². The van der Waals surface area contributed by atoms with E-state index in [0.717, 1.165) is 38.0 Å². The first-order valence-electron chi connectivity index (χ1n) is 7.41. The highest BCUT2D eigenvalue weighted by Crippen LogP contribution is 2.11. The fourth-order valence-electron chi connectivity index (χ4n) is 2.56. The molecule has 20 heavy (non-hydrogen) atoms. The second kappa shape index (κ2) is 7.36. The summed E-state index contributed by atoms with van der Waals surface area (Å²) in [4.78, 5) is 18.7. The van der Waals surface area contributed by atoms with Gasteiger partial charge >= 0.3 is 0 Å². The van der Waals surface area contributed by atoms with Crippen molar-refractivity contribution < 1.29 is 4.79 Å². The minimum atomic E-state index is -0.0810. The lowest BCUT2D eigenvalue weighted by Gasteiger charge is -2.31. The summed E-state index contributed by atoms with van der Waals surface area (Å²) in [6.45, 7) is 5.94. The summed E-state index contributed by atoms with van der Waals surface area (Å²) >= 11 is 0. The molecule has 1 aromatic rings. The zero-order chi connectivity index (χ0) is 14.4. The van der Waals surface area contributed by atoms with E-state index in [1.54, 1.807) is 12.3 Å². The second-order valence-corrected chi connectivity index (χ2v) is 5.35. The number of amides is 1. The topological polar surface area (TPSA) is 71.2 Å². The van der Waals surface area contributed by atoms with E-state index in [9.17, 15) is 4.79 Å². The molecule has 110 valence electrons. The van der Waals surface area contributed by atoms with E-state index in [2.05, 4.69) is 22.1 Å². The van der Waals surface area contributed by atoms with Crippen molar-refractivity contribution in [2.24, 2.45) is 5.73 Å². The Bertz CT molecular complexity index is 424. The molecule has 1 aliphatic rings. The number of piperidine rings is 1. The molecule has 1 saturated heterocycles. The molecule has 0 spiro atoms. The summed E-state index contributed by atoms with van der Waals surface area (Å²) in [5.41, 5.74) is 6.93. The maximum atomic E-state index is 12.1. The molecule has 5 nitrogen and oxygen atoms in total. The zero-order valence-corrected chi connectivity index (χ0v) is 12.1. The first kappa shape index (κ1) is 14.9. The molecule has 0 saturated carbocycles. The highest BCUT2D eigenvalue weighted by molar-refractivity contribution is 5.92. The van der Waals surface area contributed by atoms with Gasteiger partial charge in [-0.1, -0.05) is 13.0 Å². The Morgan fingerprint density at radius 1 is 1.45 bits per heavy atom. The standard InChI is InChI=1S/C15H24N4O/c1-2-7-19-8-5-13(6-9-19)18-15(20)14-4-3-12(10-16)11-17-14/h3-4,11,13H,2,5-10,16H2,1H3,(H,18,20). The van der Waals surface area contributed by atoms with Gasteiger partial charge in [0.1, 0.15) is 5.69 Å². The molecular weight excluding hydrogens is 252 g/mol. The minimum Gasteiger partial charge on any atom is -0.348 e. The number of aromatic nitrogens is 1. The van der Waals surface area contributed by atoms with Crippen molar-refractivity contribution in [3.05, 3.63) is 29.6 Å². The minimum absolute atomic E-state index is 0.0810. The Kier molecular flexibility index (Phi) is 5.49. The van der Waals surface area contributed by atoms with Gasteiger partial charge in [0.2, 0.25) is 0 Å². The highest BCUT2D eigenvalue weighted by Gasteiger charge is 2.20. The van der Waals surface area contributed by atoms with Crippen LogP contribution in [0, 0.1) is 0 Å². The van der Waals surface area contributed by atoms with Crippen molar-refractivity contribution in [3.8, 4) is 0 Å². The van der Waals surface area contributed by atoms with Gasteiger partial charge in [0.25, 0.3) is 5.91 Å². The number of rotatable bonds is 5. The van der Waals surface area contributed by atoms with Gasteiger partial charge in [-0.2, -0.15) is 0 Å². The van der Waals surface area contributed by atoms with Gasteiger partial charge in [0.15, 0.2) is 0 Å². The molecule has 5 heteroatoms. The second-order valence-electron chi connectivity index (χ2n) is 5.35. The number of hydrogen-bond acceptors (Lipinski definition) is 4. The van der Waals surface area contributed by atoms with Crippen molar-refractivity contribution in [1.82, 2.24) is 15.2 Å². The number of likely N-dealkylation sites (tertiary alicyclic amines) is 1. The molecule has 1 aliphatic heterocycles. The average molecular weight is 276 g/mol.